The van der Waals surface area contributed by atoms with Gasteiger partial charge >= 0.3 is 0 Å². The smallest absolute Gasteiger partial charge is 0.163 e. The Labute approximate surface area is 199 Å². The maximum Gasteiger partial charge on any atom is 0.163 e. The van der Waals surface area contributed by atoms with Crippen molar-refractivity contribution in [1.82, 2.24) is 5.32 Å². The Kier molecular flexibility index (Phi) is 9.22. The van der Waals surface area contributed by atoms with E-state index in [1.807, 2.05) is 19.1 Å². The minimum atomic E-state index is -0.383. The Bertz CT molecular complexity index is 1010. The van der Waals surface area contributed by atoms with E-state index in [4.69, 9.17) is 32.7 Å². The zero-order chi connectivity index (χ0) is 22.9. The van der Waals surface area contributed by atoms with Gasteiger partial charge in [0.15, 0.2) is 11.5 Å². The van der Waals surface area contributed by atoms with Crippen LogP contribution in [0.4, 0.5) is 4.39 Å². The summed E-state index contributed by atoms with van der Waals surface area (Å²) in [5, 5.41) is 4.45. The molecular weight excluding hydrogens is 448 g/mol. The number of aryl methyl sites for hydroxylation is 1. The molecule has 0 spiro atoms. The van der Waals surface area contributed by atoms with Gasteiger partial charge < -0.3 is 14.8 Å². The van der Waals surface area contributed by atoms with Crippen LogP contribution in [0.15, 0.2) is 60.7 Å². The van der Waals surface area contributed by atoms with Gasteiger partial charge in [0.25, 0.3) is 0 Å². The standard InChI is InChI=1S/C26H28Cl2FNO2/c1-3-31-25-13-21(16-30-18(2)9-10-19-7-5-4-6-8-19)24(28)15-26(25)32-17-20-11-12-22(29)14-23(20)27/h4-8,11-15,18,30H,3,9-10,16-17H2,1-2H3. The molecule has 0 radical (unpaired) electrons. The highest BCUT2D eigenvalue weighted by atomic mass is 35.5. The van der Waals surface area contributed by atoms with Crippen LogP contribution in [-0.2, 0) is 19.6 Å². The van der Waals surface area contributed by atoms with Crippen LogP contribution < -0.4 is 14.8 Å². The highest BCUT2D eigenvalue weighted by Gasteiger charge is 2.13. The summed E-state index contributed by atoms with van der Waals surface area (Å²) in [6.45, 7) is 5.39. The first-order chi connectivity index (χ1) is 15.5. The molecule has 0 saturated carbocycles. The van der Waals surface area contributed by atoms with Gasteiger partial charge in [0.2, 0.25) is 0 Å². The molecule has 3 rings (SSSR count). The molecule has 0 fully saturated rings. The summed E-state index contributed by atoms with van der Waals surface area (Å²) in [4.78, 5) is 0. The minimum absolute atomic E-state index is 0.184. The Balaban J connectivity index is 1.62. The van der Waals surface area contributed by atoms with Crippen molar-refractivity contribution in [3.8, 4) is 11.5 Å². The second-order valence-corrected chi connectivity index (χ2v) is 8.47. The summed E-state index contributed by atoms with van der Waals surface area (Å²) >= 11 is 12.6. The van der Waals surface area contributed by atoms with Crippen molar-refractivity contribution in [1.29, 1.82) is 0 Å². The van der Waals surface area contributed by atoms with Gasteiger partial charge in [-0.2, -0.15) is 0 Å². The van der Waals surface area contributed by atoms with Gasteiger partial charge in [-0.05, 0) is 56.0 Å². The normalized spacial score (nSPS) is 11.9. The largest absolute Gasteiger partial charge is 0.490 e. The molecule has 0 aliphatic rings. The molecule has 0 bridgehead atoms. The average Bonchev–Trinajstić information content (AvgIpc) is 2.78. The molecule has 1 unspecified atom stereocenters. The predicted molar refractivity (Wildman–Crippen MR) is 129 cm³/mol. The van der Waals surface area contributed by atoms with E-state index >= 15 is 0 Å². The summed E-state index contributed by atoms with van der Waals surface area (Å²) in [6, 6.07) is 18.7. The summed E-state index contributed by atoms with van der Waals surface area (Å²) < 4.78 is 25.0. The van der Waals surface area contributed by atoms with Crippen LogP contribution in [0.25, 0.3) is 0 Å². The molecule has 3 aromatic rings. The molecule has 0 saturated heterocycles. The van der Waals surface area contributed by atoms with E-state index in [1.165, 1.54) is 17.7 Å². The fraction of sp³-hybridized carbons (Fsp3) is 0.308. The molecule has 0 aliphatic carbocycles. The molecule has 1 N–H and O–H groups in total. The van der Waals surface area contributed by atoms with Gasteiger partial charge in [-0.1, -0.05) is 59.6 Å². The Hall–Kier alpha value is -2.27. The van der Waals surface area contributed by atoms with Crippen LogP contribution >= 0.6 is 23.2 Å². The first-order valence-electron chi connectivity index (χ1n) is 10.8. The van der Waals surface area contributed by atoms with Crippen molar-refractivity contribution in [3.63, 3.8) is 0 Å². The number of ether oxygens (including phenoxy) is 2. The summed E-state index contributed by atoms with van der Waals surface area (Å²) in [5.74, 6) is 0.758. The summed E-state index contributed by atoms with van der Waals surface area (Å²) in [6.07, 6.45) is 2.05. The first-order valence-corrected chi connectivity index (χ1v) is 11.5. The van der Waals surface area contributed by atoms with Gasteiger partial charge in [-0.25, -0.2) is 4.39 Å². The molecule has 170 valence electrons. The van der Waals surface area contributed by atoms with E-state index in [-0.39, 0.29) is 12.4 Å². The van der Waals surface area contributed by atoms with Crippen LogP contribution in [0.3, 0.4) is 0 Å². The van der Waals surface area contributed by atoms with Crippen LogP contribution in [0, 0.1) is 5.82 Å². The minimum Gasteiger partial charge on any atom is -0.490 e. The number of halogens is 3. The highest BCUT2D eigenvalue weighted by molar-refractivity contribution is 6.31. The van der Waals surface area contributed by atoms with Crippen molar-refractivity contribution in [2.45, 2.75) is 45.9 Å². The summed E-state index contributed by atoms with van der Waals surface area (Å²) in [7, 11) is 0. The topological polar surface area (TPSA) is 30.5 Å². The van der Waals surface area contributed by atoms with Crippen molar-refractivity contribution < 1.29 is 13.9 Å². The van der Waals surface area contributed by atoms with Gasteiger partial charge in [-0.15, -0.1) is 0 Å². The fourth-order valence-corrected chi connectivity index (χ4v) is 3.74. The fourth-order valence-electron chi connectivity index (χ4n) is 3.30. The molecular formula is C26H28Cl2FNO2. The molecule has 3 nitrogen and oxygen atoms in total. The van der Waals surface area contributed by atoms with Crippen molar-refractivity contribution in [2.75, 3.05) is 6.61 Å². The molecule has 1 atom stereocenters. The lowest BCUT2D eigenvalue weighted by atomic mass is 10.1. The molecule has 0 aromatic heterocycles. The van der Waals surface area contributed by atoms with Gasteiger partial charge in [0, 0.05) is 29.2 Å². The monoisotopic (exact) mass is 475 g/mol. The van der Waals surface area contributed by atoms with Gasteiger partial charge in [0.05, 0.1) is 11.6 Å². The van der Waals surface area contributed by atoms with Gasteiger partial charge in [-0.3, -0.25) is 0 Å². The van der Waals surface area contributed by atoms with E-state index in [1.54, 1.807) is 12.1 Å². The molecule has 32 heavy (non-hydrogen) atoms. The van der Waals surface area contributed by atoms with Crippen LogP contribution in [0.2, 0.25) is 10.0 Å². The molecule has 6 heteroatoms. The summed E-state index contributed by atoms with van der Waals surface area (Å²) in [5.41, 5.74) is 2.96. The number of hydrogen-bond donors (Lipinski definition) is 1. The lowest BCUT2D eigenvalue weighted by molar-refractivity contribution is 0.269. The van der Waals surface area contributed by atoms with Crippen molar-refractivity contribution in [3.05, 3.63) is 93.2 Å². The molecule has 3 aromatic carbocycles. The maximum absolute atomic E-state index is 13.3. The lowest BCUT2D eigenvalue weighted by Gasteiger charge is -2.18. The molecule has 0 heterocycles. The number of hydrogen-bond acceptors (Lipinski definition) is 3. The van der Waals surface area contributed by atoms with E-state index < -0.39 is 0 Å². The van der Waals surface area contributed by atoms with E-state index in [0.717, 1.165) is 18.4 Å². The first kappa shape index (κ1) is 24.4. The third-order valence-corrected chi connectivity index (χ3v) is 5.86. The van der Waals surface area contributed by atoms with Crippen molar-refractivity contribution in [2.24, 2.45) is 0 Å². The average molecular weight is 476 g/mol. The van der Waals surface area contributed by atoms with Crippen molar-refractivity contribution >= 4 is 23.2 Å². The number of nitrogens with one attached hydrogen (secondary N) is 1. The molecule has 0 aliphatic heterocycles. The Morgan fingerprint density at radius 2 is 1.62 bits per heavy atom. The zero-order valence-corrected chi connectivity index (χ0v) is 19.8. The van der Waals surface area contributed by atoms with E-state index in [2.05, 4.69) is 36.5 Å². The number of benzene rings is 3. The maximum atomic E-state index is 13.3. The van der Waals surface area contributed by atoms with Crippen LogP contribution in [0.5, 0.6) is 11.5 Å². The predicted octanol–water partition coefficient (Wildman–Crippen LogP) is 7.22. The third-order valence-electron chi connectivity index (χ3n) is 5.16. The third kappa shape index (κ3) is 7.13. The zero-order valence-electron chi connectivity index (χ0n) is 18.3. The van der Waals surface area contributed by atoms with E-state index in [0.29, 0.717) is 46.3 Å². The van der Waals surface area contributed by atoms with Crippen LogP contribution in [-0.4, -0.2) is 12.6 Å². The van der Waals surface area contributed by atoms with Gasteiger partial charge in [0.1, 0.15) is 12.4 Å². The second-order valence-electron chi connectivity index (χ2n) is 7.65. The Morgan fingerprint density at radius 1 is 0.906 bits per heavy atom. The van der Waals surface area contributed by atoms with E-state index in [9.17, 15) is 4.39 Å². The van der Waals surface area contributed by atoms with Crippen LogP contribution in [0.1, 0.15) is 37.0 Å². The second kappa shape index (κ2) is 12.1. The number of rotatable bonds is 11. The SMILES string of the molecule is CCOc1cc(CNC(C)CCc2ccccc2)c(Cl)cc1OCc1ccc(F)cc1Cl. The Morgan fingerprint density at radius 3 is 2.34 bits per heavy atom. The highest BCUT2D eigenvalue weighted by Crippen LogP contribution is 2.35. The lowest BCUT2D eigenvalue weighted by Crippen LogP contribution is -2.26. The quantitative estimate of drug-likeness (QED) is 0.317. The molecule has 0 amide bonds.